The van der Waals surface area contributed by atoms with Gasteiger partial charge >= 0.3 is 0 Å². The summed E-state index contributed by atoms with van der Waals surface area (Å²) < 4.78 is 7.43. The summed E-state index contributed by atoms with van der Waals surface area (Å²) in [6.07, 6.45) is 9.54. The maximum atomic E-state index is 13.3. The third-order valence-electron chi connectivity index (χ3n) is 7.49. The van der Waals surface area contributed by atoms with Crippen molar-refractivity contribution in [1.29, 1.82) is 0 Å². The number of furan rings is 1. The van der Waals surface area contributed by atoms with E-state index < -0.39 is 0 Å². The molecule has 0 aliphatic heterocycles. The van der Waals surface area contributed by atoms with Crippen LogP contribution in [0, 0.1) is 13.8 Å². The van der Waals surface area contributed by atoms with E-state index in [0.29, 0.717) is 19.1 Å². The number of hydrogen-bond acceptors (Lipinski definition) is 6. The lowest BCUT2D eigenvalue weighted by atomic mass is 9.91. The normalized spacial score (nSPS) is 15.7. The second-order valence-electron chi connectivity index (χ2n) is 10.2. The number of fused-ring (bicyclic) bond motifs is 1. The van der Waals surface area contributed by atoms with Gasteiger partial charge in [0.25, 0.3) is 5.56 Å². The number of benzene rings is 1. The standard InChI is InChI=1S/C28H36N6O2/c1-4-9-26(27-30-31-32-34(27)18-23-12-8-13-36-23)33(22-10-6-5-7-11-22)17-21-16-24-20(3)14-19(2)15-25(24)29-28(21)35/h8,12-16,22,26H,4-7,9-11,17-18H2,1-3H3,(H,29,35)/t26-/m0/s1. The van der Waals surface area contributed by atoms with Crippen LogP contribution in [0.3, 0.4) is 0 Å². The van der Waals surface area contributed by atoms with Gasteiger partial charge in [-0.25, -0.2) is 4.68 Å². The summed E-state index contributed by atoms with van der Waals surface area (Å²) in [5.41, 5.74) is 4.01. The zero-order chi connectivity index (χ0) is 25.1. The van der Waals surface area contributed by atoms with Gasteiger partial charge < -0.3 is 9.40 Å². The average Bonchev–Trinajstić information content (AvgIpc) is 3.55. The summed E-state index contributed by atoms with van der Waals surface area (Å²) in [4.78, 5) is 18.9. The third kappa shape index (κ3) is 5.14. The van der Waals surface area contributed by atoms with Crippen molar-refractivity contribution in [3.8, 4) is 0 Å². The molecule has 3 heterocycles. The predicted molar refractivity (Wildman–Crippen MR) is 140 cm³/mol. The Hall–Kier alpha value is -3.26. The molecule has 1 atom stereocenters. The van der Waals surface area contributed by atoms with Gasteiger partial charge in [-0.15, -0.1) is 5.10 Å². The van der Waals surface area contributed by atoms with Crippen LogP contribution in [0.4, 0.5) is 0 Å². The number of hydrogen-bond donors (Lipinski definition) is 1. The van der Waals surface area contributed by atoms with Crippen LogP contribution in [-0.4, -0.2) is 36.1 Å². The van der Waals surface area contributed by atoms with Gasteiger partial charge in [-0.2, -0.15) is 0 Å². The van der Waals surface area contributed by atoms with Gasteiger partial charge in [0.05, 0.1) is 12.3 Å². The van der Waals surface area contributed by atoms with Crippen LogP contribution >= 0.6 is 0 Å². The first-order valence-electron chi connectivity index (χ1n) is 13.2. The molecule has 0 bridgehead atoms. The average molecular weight is 489 g/mol. The number of aromatic amines is 1. The summed E-state index contributed by atoms with van der Waals surface area (Å²) in [5, 5.41) is 14.0. The van der Waals surface area contributed by atoms with E-state index in [9.17, 15) is 4.79 Å². The first-order valence-corrected chi connectivity index (χ1v) is 13.2. The Labute approximate surface area is 211 Å². The Morgan fingerprint density at radius 2 is 2.03 bits per heavy atom. The fraction of sp³-hybridized carbons (Fsp3) is 0.500. The lowest BCUT2D eigenvalue weighted by molar-refractivity contribution is 0.0811. The molecule has 0 amide bonds. The van der Waals surface area contributed by atoms with Gasteiger partial charge in [0.2, 0.25) is 0 Å². The van der Waals surface area contributed by atoms with Gasteiger partial charge in [-0.3, -0.25) is 9.69 Å². The lowest BCUT2D eigenvalue weighted by Gasteiger charge is -2.39. The summed E-state index contributed by atoms with van der Waals surface area (Å²) in [7, 11) is 0. The smallest absolute Gasteiger partial charge is 0.252 e. The molecule has 5 rings (SSSR count). The summed E-state index contributed by atoms with van der Waals surface area (Å²) in [5.74, 6) is 1.66. The monoisotopic (exact) mass is 488 g/mol. The number of aryl methyl sites for hydroxylation is 2. The van der Waals surface area contributed by atoms with E-state index in [-0.39, 0.29) is 11.6 Å². The summed E-state index contributed by atoms with van der Waals surface area (Å²) in [6, 6.07) is 10.5. The van der Waals surface area contributed by atoms with E-state index in [4.69, 9.17) is 4.42 Å². The van der Waals surface area contributed by atoms with Gasteiger partial charge in [-0.05, 0) is 78.9 Å². The van der Waals surface area contributed by atoms with Crippen LogP contribution in [0.5, 0.6) is 0 Å². The number of nitrogens with zero attached hydrogens (tertiary/aromatic N) is 5. The molecule has 0 unspecified atom stereocenters. The van der Waals surface area contributed by atoms with Crippen LogP contribution in [0.2, 0.25) is 0 Å². The molecule has 8 heteroatoms. The second kappa shape index (κ2) is 10.8. The molecule has 0 spiro atoms. The molecular weight excluding hydrogens is 452 g/mol. The Morgan fingerprint density at radius 1 is 1.19 bits per heavy atom. The van der Waals surface area contributed by atoms with Crippen molar-refractivity contribution >= 4 is 10.9 Å². The zero-order valence-corrected chi connectivity index (χ0v) is 21.5. The highest BCUT2D eigenvalue weighted by Gasteiger charge is 2.32. The van der Waals surface area contributed by atoms with E-state index in [1.807, 2.05) is 16.8 Å². The molecule has 1 aromatic carbocycles. The lowest BCUT2D eigenvalue weighted by Crippen LogP contribution is -2.41. The number of pyridine rings is 1. The molecule has 0 radical (unpaired) electrons. The highest BCUT2D eigenvalue weighted by molar-refractivity contribution is 5.83. The van der Waals surface area contributed by atoms with Gasteiger partial charge in [0, 0.05) is 29.1 Å². The molecule has 190 valence electrons. The quantitative estimate of drug-likeness (QED) is 0.337. The van der Waals surface area contributed by atoms with Crippen molar-refractivity contribution in [3.05, 3.63) is 75.2 Å². The predicted octanol–water partition coefficient (Wildman–Crippen LogP) is 5.45. The van der Waals surface area contributed by atoms with Crippen molar-refractivity contribution in [1.82, 2.24) is 30.1 Å². The maximum Gasteiger partial charge on any atom is 0.252 e. The van der Waals surface area contributed by atoms with Crippen molar-refractivity contribution in [2.75, 3.05) is 0 Å². The molecule has 1 fully saturated rings. The number of tetrazole rings is 1. The Kier molecular flexibility index (Phi) is 7.32. The van der Waals surface area contributed by atoms with Crippen molar-refractivity contribution in [2.24, 2.45) is 0 Å². The number of nitrogens with one attached hydrogen (secondary N) is 1. The first-order chi connectivity index (χ1) is 17.5. The van der Waals surface area contributed by atoms with Crippen LogP contribution in [0.15, 0.2) is 45.8 Å². The Morgan fingerprint density at radius 3 is 2.78 bits per heavy atom. The number of aromatic nitrogens is 5. The van der Waals surface area contributed by atoms with E-state index in [1.54, 1.807) is 6.26 Å². The fourth-order valence-electron chi connectivity index (χ4n) is 5.77. The highest BCUT2D eigenvalue weighted by Crippen LogP contribution is 2.34. The number of H-pyrrole nitrogens is 1. The van der Waals surface area contributed by atoms with E-state index >= 15 is 0 Å². The third-order valence-corrected chi connectivity index (χ3v) is 7.49. The minimum Gasteiger partial charge on any atom is -0.467 e. The summed E-state index contributed by atoms with van der Waals surface area (Å²) >= 11 is 0. The fourth-order valence-corrected chi connectivity index (χ4v) is 5.77. The molecule has 8 nitrogen and oxygen atoms in total. The largest absolute Gasteiger partial charge is 0.467 e. The number of rotatable bonds is 9. The van der Waals surface area contributed by atoms with E-state index in [2.05, 4.69) is 64.4 Å². The molecule has 1 aliphatic rings. The van der Waals surface area contributed by atoms with Crippen LogP contribution in [0.1, 0.15) is 86.2 Å². The molecular formula is C28H36N6O2. The molecule has 1 aliphatic carbocycles. The van der Waals surface area contributed by atoms with E-state index in [1.165, 1.54) is 24.8 Å². The molecule has 36 heavy (non-hydrogen) atoms. The van der Waals surface area contributed by atoms with Crippen molar-refractivity contribution < 1.29 is 4.42 Å². The molecule has 3 aromatic heterocycles. The van der Waals surface area contributed by atoms with Crippen molar-refractivity contribution in [2.45, 2.75) is 90.9 Å². The maximum absolute atomic E-state index is 13.3. The van der Waals surface area contributed by atoms with E-state index in [0.717, 1.165) is 59.3 Å². The van der Waals surface area contributed by atoms with Gasteiger partial charge in [-0.1, -0.05) is 38.7 Å². The summed E-state index contributed by atoms with van der Waals surface area (Å²) in [6.45, 7) is 7.43. The highest BCUT2D eigenvalue weighted by atomic mass is 16.3. The van der Waals surface area contributed by atoms with Crippen LogP contribution in [0.25, 0.3) is 10.9 Å². The first kappa shape index (κ1) is 24.4. The van der Waals surface area contributed by atoms with Gasteiger partial charge in [0.15, 0.2) is 5.82 Å². The SMILES string of the molecule is CCC[C@@H](c1nnnn1Cc1ccco1)N(Cc1cc2c(C)cc(C)cc2[nH]c1=O)C1CCCCC1. The van der Waals surface area contributed by atoms with Crippen LogP contribution in [-0.2, 0) is 13.1 Å². The Bertz CT molecular complexity index is 1350. The van der Waals surface area contributed by atoms with Crippen molar-refractivity contribution in [3.63, 3.8) is 0 Å². The van der Waals surface area contributed by atoms with Gasteiger partial charge in [0.1, 0.15) is 12.3 Å². The van der Waals surface area contributed by atoms with Crippen LogP contribution < -0.4 is 5.56 Å². The molecule has 4 aromatic rings. The minimum absolute atomic E-state index is 0.0114. The topological polar surface area (TPSA) is 92.8 Å². The molecule has 1 saturated carbocycles. The zero-order valence-electron chi connectivity index (χ0n) is 21.5. The molecule has 0 saturated heterocycles. The Balaban J connectivity index is 1.54. The second-order valence-corrected chi connectivity index (χ2v) is 10.2. The minimum atomic E-state index is -0.0151. The molecule has 1 N–H and O–H groups in total.